The minimum Gasteiger partial charge on any atom is -0.420 e. The van der Waals surface area contributed by atoms with Gasteiger partial charge in [0.15, 0.2) is 11.5 Å². The average molecular weight is 333 g/mol. The van der Waals surface area contributed by atoms with Crippen LogP contribution in [0.15, 0.2) is 16.7 Å². The van der Waals surface area contributed by atoms with Gasteiger partial charge in [-0.1, -0.05) is 34.6 Å². The van der Waals surface area contributed by atoms with Gasteiger partial charge in [-0.05, 0) is 0 Å². The lowest BCUT2D eigenvalue weighted by Gasteiger charge is -2.22. The molecule has 0 bridgehead atoms. The summed E-state index contributed by atoms with van der Waals surface area (Å²) in [6.45, 7) is 9.26. The standard InChI is InChI=1S/C16H23N5O3/c1-15(2,3)13(23)10-7-18-14(24-10)19-8-16(4,5)12(22)9-6-11(17)21-20-9/h6-7H,8H2,1-5H3,(H,18,19)(H3,17,20,21). The van der Waals surface area contributed by atoms with E-state index in [2.05, 4.69) is 20.5 Å². The van der Waals surface area contributed by atoms with Gasteiger partial charge < -0.3 is 15.5 Å². The largest absolute Gasteiger partial charge is 0.420 e. The SMILES string of the molecule is CC(C)(C)C(=O)c1cnc(NCC(C)(C)C(=O)c2cc(N)n[nH]2)o1. The summed E-state index contributed by atoms with van der Waals surface area (Å²) in [5, 5.41) is 9.32. The predicted octanol–water partition coefficient (Wildman–Crippen LogP) is 2.53. The van der Waals surface area contributed by atoms with Crippen LogP contribution in [0, 0.1) is 10.8 Å². The van der Waals surface area contributed by atoms with E-state index >= 15 is 0 Å². The Morgan fingerprint density at radius 2 is 1.92 bits per heavy atom. The van der Waals surface area contributed by atoms with Gasteiger partial charge in [-0.2, -0.15) is 5.10 Å². The molecule has 0 radical (unpaired) electrons. The van der Waals surface area contributed by atoms with Gasteiger partial charge in [-0.25, -0.2) is 4.98 Å². The minimum atomic E-state index is -0.748. The van der Waals surface area contributed by atoms with Crippen LogP contribution >= 0.6 is 0 Å². The van der Waals surface area contributed by atoms with E-state index < -0.39 is 10.8 Å². The lowest BCUT2D eigenvalue weighted by Crippen LogP contribution is -2.32. The van der Waals surface area contributed by atoms with Crippen LogP contribution in [0.25, 0.3) is 0 Å². The van der Waals surface area contributed by atoms with E-state index in [9.17, 15) is 9.59 Å². The molecule has 24 heavy (non-hydrogen) atoms. The third kappa shape index (κ3) is 3.81. The van der Waals surface area contributed by atoms with Gasteiger partial charge in [-0.3, -0.25) is 14.7 Å². The molecule has 2 aromatic rings. The number of carbonyl (C=O) groups is 2. The topological polar surface area (TPSA) is 127 Å². The fraction of sp³-hybridized carbons (Fsp3) is 0.500. The zero-order valence-electron chi connectivity index (χ0n) is 14.6. The van der Waals surface area contributed by atoms with Crippen LogP contribution in [-0.4, -0.2) is 33.3 Å². The summed E-state index contributed by atoms with van der Waals surface area (Å²) < 4.78 is 5.43. The van der Waals surface area contributed by atoms with Crippen LogP contribution in [0.3, 0.4) is 0 Å². The Hall–Kier alpha value is -2.64. The van der Waals surface area contributed by atoms with E-state index in [1.165, 1.54) is 12.3 Å². The first-order valence-corrected chi connectivity index (χ1v) is 7.61. The van der Waals surface area contributed by atoms with Crippen molar-refractivity contribution >= 4 is 23.4 Å². The summed E-state index contributed by atoms with van der Waals surface area (Å²) in [7, 11) is 0. The molecule has 2 heterocycles. The molecule has 0 saturated heterocycles. The van der Waals surface area contributed by atoms with Crippen LogP contribution < -0.4 is 11.1 Å². The molecule has 0 atom stereocenters. The highest BCUT2D eigenvalue weighted by atomic mass is 16.4. The van der Waals surface area contributed by atoms with Crippen LogP contribution in [0.1, 0.15) is 55.7 Å². The number of anilines is 2. The average Bonchev–Trinajstić information content (AvgIpc) is 3.11. The fourth-order valence-corrected chi connectivity index (χ4v) is 2.03. The van der Waals surface area contributed by atoms with Gasteiger partial charge in [0.1, 0.15) is 11.5 Å². The van der Waals surface area contributed by atoms with E-state index in [4.69, 9.17) is 10.2 Å². The molecular formula is C16H23N5O3. The Labute approximate surface area is 140 Å². The number of nitrogens with one attached hydrogen (secondary N) is 2. The molecule has 0 aromatic carbocycles. The van der Waals surface area contributed by atoms with E-state index in [1.807, 2.05) is 20.8 Å². The monoisotopic (exact) mass is 333 g/mol. The van der Waals surface area contributed by atoms with Crippen molar-refractivity contribution in [3.05, 3.63) is 23.7 Å². The Morgan fingerprint density at radius 1 is 1.25 bits per heavy atom. The minimum absolute atomic E-state index is 0.133. The summed E-state index contributed by atoms with van der Waals surface area (Å²) in [5.74, 6) is 0.179. The van der Waals surface area contributed by atoms with Gasteiger partial charge in [0.2, 0.25) is 5.78 Å². The van der Waals surface area contributed by atoms with Crippen molar-refractivity contribution in [3.63, 3.8) is 0 Å². The van der Waals surface area contributed by atoms with E-state index in [1.54, 1.807) is 13.8 Å². The molecule has 0 aliphatic heterocycles. The van der Waals surface area contributed by atoms with Crippen LogP contribution in [0.5, 0.6) is 0 Å². The number of Topliss-reactive ketones (excluding diaryl/α,β-unsaturated/α-hetero) is 2. The molecule has 2 aromatic heterocycles. The first-order valence-electron chi connectivity index (χ1n) is 7.61. The number of nitrogens with zero attached hydrogens (tertiary/aromatic N) is 2. The van der Waals surface area contributed by atoms with Gasteiger partial charge in [0, 0.05) is 23.4 Å². The number of carbonyl (C=O) groups excluding carboxylic acids is 2. The number of nitrogens with two attached hydrogens (primary N) is 1. The second-order valence-electron chi connectivity index (χ2n) is 7.38. The van der Waals surface area contributed by atoms with Crippen LogP contribution in [0.4, 0.5) is 11.8 Å². The summed E-state index contributed by atoms with van der Waals surface area (Å²) in [5.41, 5.74) is 4.57. The molecule has 0 aliphatic carbocycles. The smallest absolute Gasteiger partial charge is 0.295 e. The highest BCUT2D eigenvalue weighted by molar-refractivity contribution is 5.99. The number of rotatable bonds is 6. The third-order valence-electron chi connectivity index (χ3n) is 3.55. The van der Waals surface area contributed by atoms with Gasteiger partial charge in [0.25, 0.3) is 6.01 Å². The molecule has 8 heteroatoms. The van der Waals surface area contributed by atoms with Crippen molar-refractivity contribution in [1.29, 1.82) is 0 Å². The van der Waals surface area contributed by atoms with Crippen molar-refractivity contribution in [3.8, 4) is 0 Å². The number of hydrogen-bond acceptors (Lipinski definition) is 7. The molecule has 0 spiro atoms. The maximum Gasteiger partial charge on any atom is 0.295 e. The molecule has 8 nitrogen and oxygen atoms in total. The maximum atomic E-state index is 12.5. The van der Waals surface area contributed by atoms with E-state index in [0.717, 1.165) is 0 Å². The molecule has 0 amide bonds. The fourth-order valence-electron chi connectivity index (χ4n) is 2.03. The van der Waals surface area contributed by atoms with Crippen molar-refractivity contribution in [2.45, 2.75) is 34.6 Å². The van der Waals surface area contributed by atoms with Crippen molar-refractivity contribution < 1.29 is 14.0 Å². The molecule has 0 fully saturated rings. The zero-order chi connectivity index (χ0) is 18.1. The Bertz CT molecular complexity index is 752. The van der Waals surface area contributed by atoms with Crippen molar-refractivity contribution in [1.82, 2.24) is 15.2 Å². The quantitative estimate of drug-likeness (QED) is 0.693. The molecule has 0 aliphatic rings. The highest BCUT2D eigenvalue weighted by Gasteiger charge is 2.31. The summed E-state index contributed by atoms with van der Waals surface area (Å²) in [4.78, 5) is 28.7. The number of hydrogen-bond donors (Lipinski definition) is 3. The normalized spacial score (nSPS) is 12.2. The number of nitrogen functional groups attached to an aromatic ring is 1. The van der Waals surface area contributed by atoms with Crippen LogP contribution in [-0.2, 0) is 0 Å². The number of oxazole rings is 1. The predicted molar refractivity (Wildman–Crippen MR) is 89.9 cm³/mol. The zero-order valence-corrected chi connectivity index (χ0v) is 14.6. The lowest BCUT2D eigenvalue weighted by molar-refractivity contribution is 0.0825. The van der Waals surface area contributed by atoms with Gasteiger partial charge in [0.05, 0.1) is 6.20 Å². The Morgan fingerprint density at radius 3 is 2.46 bits per heavy atom. The van der Waals surface area contributed by atoms with Gasteiger partial charge >= 0.3 is 0 Å². The Kier molecular flexibility index (Phi) is 4.50. The molecule has 2 rings (SSSR count). The molecule has 0 unspecified atom stereocenters. The molecule has 4 N–H and O–H groups in total. The molecular weight excluding hydrogens is 310 g/mol. The van der Waals surface area contributed by atoms with Crippen LogP contribution in [0.2, 0.25) is 0 Å². The van der Waals surface area contributed by atoms with Crippen molar-refractivity contribution in [2.75, 3.05) is 17.6 Å². The number of H-pyrrole nitrogens is 1. The van der Waals surface area contributed by atoms with Crippen molar-refractivity contribution in [2.24, 2.45) is 10.8 Å². The highest BCUT2D eigenvalue weighted by Crippen LogP contribution is 2.25. The number of ketones is 2. The van der Waals surface area contributed by atoms with Gasteiger partial charge in [-0.15, -0.1) is 0 Å². The number of aromatic nitrogens is 3. The first kappa shape index (κ1) is 17.7. The Balaban J connectivity index is 2.03. The molecule has 0 saturated carbocycles. The second-order valence-corrected chi connectivity index (χ2v) is 7.38. The summed E-state index contributed by atoms with van der Waals surface area (Å²) in [6.07, 6.45) is 1.39. The maximum absolute atomic E-state index is 12.5. The summed E-state index contributed by atoms with van der Waals surface area (Å²) in [6, 6.07) is 1.70. The number of aromatic amines is 1. The molecule has 130 valence electrons. The first-order chi connectivity index (χ1) is 11.0. The lowest BCUT2D eigenvalue weighted by atomic mass is 9.86. The summed E-state index contributed by atoms with van der Waals surface area (Å²) >= 11 is 0. The van der Waals surface area contributed by atoms with E-state index in [0.29, 0.717) is 5.69 Å². The second kappa shape index (κ2) is 6.10. The van der Waals surface area contributed by atoms with E-state index in [-0.39, 0.29) is 35.7 Å². The third-order valence-corrected chi connectivity index (χ3v) is 3.55.